The van der Waals surface area contributed by atoms with Crippen LogP contribution in [-0.2, 0) is 0 Å². The molecular weight excluding hydrogens is 254 g/mol. The van der Waals surface area contributed by atoms with Crippen molar-refractivity contribution in [1.82, 2.24) is 10.7 Å². The summed E-state index contributed by atoms with van der Waals surface area (Å²) >= 11 is 10.9. The molecule has 0 bridgehead atoms. The lowest BCUT2D eigenvalue weighted by Crippen LogP contribution is -2.32. The molecule has 1 rings (SSSR count). The van der Waals surface area contributed by atoms with Crippen LogP contribution in [0.5, 0.6) is 0 Å². The SMILES string of the molecule is CCCCNC(=S)N/N=C/c1cccc(Cl)c1. The van der Waals surface area contributed by atoms with Gasteiger partial charge in [0, 0.05) is 11.6 Å². The Labute approximate surface area is 112 Å². The zero-order valence-electron chi connectivity index (χ0n) is 9.74. The van der Waals surface area contributed by atoms with E-state index in [1.807, 2.05) is 24.3 Å². The van der Waals surface area contributed by atoms with Crippen molar-refractivity contribution in [2.24, 2.45) is 5.10 Å². The standard InChI is InChI=1S/C12H16ClN3S/c1-2-3-7-14-12(17)16-15-9-10-5-4-6-11(13)8-10/h4-6,8-9H,2-3,7H2,1H3,(H2,14,16,17)/b15-9+. The van der Waals surface area contributed by atoms with Gasteiger partial charge in [-0.15, -0.1) is 0 Å². The maximum absolute atomic E-state index is 5.85. The predicted molar refractivity (Wildman–Crippen MR) is 77.7 cm³/mol. The number of hydrazone groups is 1. The molecule has 5 heteroatoms. The van der Waals surface area contributed by atoms with Crippen LogP contribution in [0.25, 0.3) is 0 Å². The summed E-state index contributed by atoms with van der Waals surface area (Å²) in [5, 5.41) is 8.32. The molecule has 1 aromatic rings. The summed E-state index contributed by atoms with van der Waals surface area (Å²) < 4.78 is 0. The lowest BCUT2D eigenvalue weighted by Gasteiger charge is -2.05. The van der Waals surface area contributed by atoms with Gasteiger partial charge in [0.25, 0.3) is 0 Å². The van der Waals surface area contributed by atoms with Gasteiger partial charge in [0.1, 0.15) is 0 Å². The van der Waals surface area contributed by atoms with Crippen LogP contribution in [0.2, 0.25) is 5.02 Å². The molecule has 2 N–H and O–H groups in total. The van der Waals surface area contributed by atoms with Crippen molar-refractivity contribution in [3.05, 3.63) is 34.9 Å². The summed E-state index contributed by atoms with van der Waals surface area (Å²) in [6.07, 6.45) is 3.92. The highest BCUT2D eigenvalue weighted by atomic mass is 35.5. The predicted octanol–water partition coefficient (Wildman–Crippen LogP) is 2.94. The van der Waals surface area contributed by atoms with Crippen molar-refractivity contribution in [3.63, 3.8) is 0 Å². The fraction of sp³-hybridized carbons (Fsp3) is 0.333. The molecule has 0 unspecified atom stereocenters. The third-order valence-corrected chi connectivity index (χ3v) is 2.51. The highest BCUT2D eigenvalue weighted by molar-refractivity contribution is 7.80. The molecule has 0 spiro atoms. The summed E-state index contributed by atoms with van der Waals surface area (Å²) in [4.78, 5) is 0. The fourth-order valence-corrected chi connectivity index (χ4v) is 1.52. The number of benzene rings is 1. The number of hydrogen-bond donors (Lipinski definition) is 2. The molecule has 0 fully saturated rings. The summed E-state index contributed by atoms with van der Waals surface area (Å²) in [7, 11) is 0. The Hall–Kier alpha value is -1.13. The number of nitrogens with zero attached hydrogens (tertiary/aromatic N) is 1. The Morgan fingerprint density at radius 1 is 1.53 bits per heavy atom. The van der Waals surface area contributed by atoms with Crippen LogP contribution in [0.4, 0.5) is 0 Å². The van der Waals surface area contributed by atoms with Gasteiger partial charge in [-0.2, -0.15) is 5.10 Å². The maximum atomic E-state index is 5.85. The van der Waals surface area contributed by atoms with Crippen LogP contribution in [0.15, 0.2) is 29.4 Å². The second kappa shape index (κ2) is 8.03. The van der Waals surface area contributed by atoms with Gasteiger partial charge in [0.15, 0.2) is 5.11 Å². The van der Waals surface area contributed by atoms with Gasteiger partial charge in [0.05, 0.1) is 6.21 Å². The van der Waals surface area contributed by atoms with Crippen LogP contribution < -0.4 is 10.7 Å². The molecule has 0 radical (unpaired) electrons. The number of nitrogens with one attached hydrogen (secondary N) is 2. The van der Waals surface area contributed by atoms with Crippen LogP contribution in [0, 0.1) is 0 Å². The first-order chi connectivity index (χ1) is 8.22. The first kappa shape index (κ1) is 13.9. The molecule has 0 aromatic heterocycles. The molecule has 3 nitrogen and oxygen atoms in total. The number of hydrogen-bond acceptors (Lipinski definition) is 2. The normalized spacial score (nSPS) is 10.5. The zero-order valence-corrected chi connectivity index (χ0v) is 11.3. The Kier molecular flexibility index (Phi) is 6.58. The lowest BCUT2D eigenvalue weighted by atomic mass is 10.2. The molecule has 0 aliphatic carbocycles. The second-order valence-corrected chi connectivity index (χ2v) is 4.38. The third kappa shape index (κ3) is 6.24. The first-order valence-electron chi connectivity index (χ1n) is 5.55. The van der Waals surface area contributed by atoms with Gasteiger partial charge in [0.2, 0.25) is 0 Å². The molecule has 0 heterocycles. The van der Waals surface area contributed by atoms with Crippen LogP contribution in [-0.4, -0.2) is 17.9 Å². The average molecular weight is 270 g/mol. The van der Waals surface area contributed by atoms with E-state index in [2.05, 4.69) is 22.8 Å². The monoisotopic (exact) mass is 269 g/mol. The van der Waals surface area contributed by atoms with Crippen molar-refractivity contribution in [1.29, 1.82) is 0 Å². The summed E-state index contributed by atoms with van der Waals surface area (Å²) in [5.74, 6) is 0. The lowest BCUT2D eigenvalue weighted by molar-refractivity contribution is 0.745. The zero-order chi connectivity index (χ0) is 12.5. The van der Waals surface area contributed by atoms with Gasteiger partial charge >= 0.3 is 0 Å². The van der Waals surface area contributed by atoms with E-state index in [-0.39, 0.29) is 0 Å². The van der Waals surface area contributed by atoms with Gasteiger partial charge in [-0.05, 0) is 36.3 Å². The number of unbranched alkanes of at least 4 members (excludes halogenated alkanes) is 1. The van der Waals surface area contributed by atoms with E-state index in [0.29, 0.717) is 10.1 Å². The Bertz CT molecular complexity index is 393. The largest absolute Gasteiger partial charge is 0.361 e. The van der Waals surface area contributed by atoms with Crippen LogP contribution in [0.1, 0.15) is 25.3 Å². The van der Waals surface area contributed by atoms with Crippen LogP contribution >= 0.6 is 23.8 Å². The smallest absolute Gasteiger partial charge is 0.186 e. The van der Waals surface area contributed by atoms with Crippen molar-refractivity contribution in [2.75, 3.05) is 6.54 Å². The topological polar surface area (TPSA) is 36.4 Å². The van der Waals surface area contributed by atoms with E-state index < -0.39 is 0 Å². The van der Waals surface area contributed by atoms with Crippen molar-refractivity contribution in [2.45, 2.75) is 19.8 Å². The Balaban J connectivity index is 2.32. The quantitative estimate of drug-likeness (QED) is 0.373. The minimum Gasteiger partial charge on any atom is -0.361 e. The summed E-state index contributed by atoms with van der Waals surface area (Å²) in [6, 6.07) is 7.45. The molecule has 0 aliphatic heterocycles. The molecule has 1 aromatic carbocycles. The molecule has 0 amide bonds. The Morgan fingerprint density at radius 3 is 3.06 bits per heavy atom. The molecular formula is C12H16ClN3S. The van der Waals surface area contributed by atoms with Gasteiger partial charge in [-0.1, -0.05) is 37.1 Å². The number of halogens is 1. The highest BCUT2D eigenvalue weighted by Crippen LogP contribution is 2.08. The van der Waals surface area contributed by atoms with E-state index in [4.69, 9.17) is 23.8 Å². The average Bonchev–Trinajstić information content (AvgIpc) is 2.29. The van der Waals surface area contributed by atoms with Crippen molar-refractivity contribution >= 4 is 35.1 Å². The first-order valence-corrected chi connectivity index (χ1v) is 6.33. The molecule has 0 atom stereocenters. The van der Waals surface area contributed by atoms with Crippen LogP contribution in [0.3, 0.4) is 0 Å². The second-order valence-electron chi connectivity index (χ2n) is 3.53. The minimum atomic E-state index is 0.539. The highest BCUT2D eigenvalue weighted by Gasteiger charge is 1.92. The number of rotatable bonds is 5. The maximum Gasteiger partial charge on any atom is 0.186 e. The summed E-state index contributed by atoms with van der Waals surface area (Å²) in [5.41, 5.74) is 3.69. The molecule has 17 heavy (non-hydrogen) atoms. The van der Waals surface area contributed by atoms with Gasteiger partial charge in [-0.3, -0.25) is 5.43 Å². The summed E-state index contributed by atoms with van der Waals surface area (Å²) in [6.45, 7) is 3.00. The molecule has 0 saturated carbocycles. The Morgan fingerprint density at radius 2 is 2.35 bits per heavy atom. The van der Waals surface area contributed by atoms with Gasteiger partial charge in [-0.25, -0.2) is 0 Å². The third-order valence-electron chi connectivity index (χ3n) is 2.04. The van der Waals surface area contributed by atoms with Crippen molar-refractivity contribution < 1.29 is 0 Å². The fourth-order valence-electron chi connectivity index (χ4n) is 1.17. The van der Waals surface area contributed by atoms with E-state index in [9.17, 15) is 0 Å². The van der Waals surface area contributed by atoms with E-state index >= 15 is 0 Å². The molecule has 0 aliphatic rings. The van der Waals surface area contributed by atoms with E-state index in [1.54, 1.807) is 6.21 Å². The molecule has 92 valence electrons. The molecule has 0 saturated heterocycles. The minimum absolute atomic E-state index is 0.539. The van der Waals surface area contributed by atoms with Gasteiger partial charge < -0.3 is 5.32 Å². The van der Waals surface area contributed by atoms with E-state index in [1.165, 1.54) is 0 Å². The van der Waals surface area contributed by atoms with E-state index in [0.717, 1.165) is 24.9 Å². The number of thiocarbonyl (C=S) groups is 1. The van der Waals surface area contributed by atoms with Crippen molar-refractivity contribution in [3.8, 4) is 0 Å².